The molecule has 124 valence electrons. The number of nitro groups is 2. The maximum Gasteiger partial charge on any atom is 0.295 e. The summed E-state index contributed by atoms with van der Waals surface area (Å²) in [6, 6.07) is 3.40. The molecule has 0 radical (unpaired) electrons. The molecule has 0 aliphatic rings. The Morgan fingerprint density at radius 3 is 1.92 bits per heavy atom. The highest BCUT2D eigenvalue weighted by molar-refractivity contribution is 6.35. The number of anilines is 1. The Balaban J connectivity index is 2.45. The lowest BCUT2D eigenvalue weighted by atomic mass is 10.1. The molecular weight excluding hydrogens is 342 g/mol. The molecule has 0 fully saturated rings. The van der Waals surface area contributed by atoms with Crippen molar-refractivity contribution >= 4 is 34.8 Å². The van der Waals surface area contributed by atoms with Crippen LogP contribution in [0, 0.1) is 34.1 Å². The number of rotatable bonds is 4. The van der Waals surface area contributed by atoms with Crippen LogP contribution in [0.5, 0.6) is 0 Å². The van der Waals surface area contributed by atoms with Crippen LogP contribution in [-0.4, -0.2) is 25.7 Å². The highest BCUT2D eigenvalue weighted by Crippen LogP contribution is 2.35. The normalized spacial score (nSPS) is 10.3. The Hall–Kier alpha value is -3.14. The van der Waals surface area contributed by atoms with Gasteiger partial charge in [-0.2, -0.15) is 0 Å². The minimum atomic E-state index is -0.903. The van der Waals surface area contributed by atoms with Crippen molar-refractivity contribution < 1.29 is 14.6 Å². The zero-order chi connectivity index (χ0) is 18.0. The first-order valence-corrected chi connectivity index (χ1v) is 6.83. The number of halogens is 1. The Bertz CT molecular complexity index is 815. The summed E-state index contributed by atoms with van der Waals surface area (Å²) in [6.07, 6.45) is 0. The summed E-state index contributed by atoms with van der Waals surface area (Å²) in [4.78, 5) is 40.3. The van der Waals surface area contributed by atoms with Crippen LogP contribution in [-0.2, 0) is 0 Å². The Labute approximate surface area is 139 Å². The summed E-state index contributed by atoms with van der Waals surface area (Å²) in [5.74, 6) is -0.847. The van der Waals surface area contributed by atoms with Gasteiger partial charge in [-0.1, -0.05) is 11.6 Å². The average molecular weight is 352 g/mol. The molecule has 0 atom stereocenters. The zero-order valence-corrected chi connectivity index (χ0v) is 13.2. The number of benzene rings is 1. The monoisotopic (exact) mass is 351 g/mol. The van der Waals surface area contributed by atoms with E-state index in [0.29, 0.717) is 11.4 Å². The van der Waals surface area contributed by atoms with Gasteiger partial charge in [0.2, 0.25) is 5.95 Å². The summed E-state index contributed by atoms with van der Waals surface area (Å²) in [7, 11) is 0. The summed E-state index contributed by atoms with van der Waals surface area (Å²) < 4.78 is 0. The minimum Gasteiger partial charge on any atom is -0.290 e. The van der Waals surface area contributed by atoms with Crippen molar-refractivity contribution in [2.24, 2.45) is 0 Å². The Morgan fingerprint density at radius 2 is 1.50 bits per heavy atom. The van der Waals surface area contributed by atoms with Gasteiger partial charge in [0.1, 0.15) is 0 Å². The molecule has 0 saturated carbocycles. The molecule has 2 rings (SSSR count). The van der Waals surface area contributed by atoms with E-state index >= 15 is 0 Å². The largest absolute Gasteiger partial charge is 0.295 e. The quantitative estimate of drug-likeness (QED) is 0.659. The molecule has 24 heavy (non-hydrogen) atoms. The van der Waals surface area contributed by atoms with E-state index in [0.717, 1.165) is 12.1 Å². The van der Waals surface area contributed by atoms with Crippen LogP contribution in [0.3, 0.4) is 0 Å². The SMILES string of the molecule is Cc1cc(C)nc(NC(=O)c2cc([N+](=O)[O-])c(Cl)c([N+](=O)[O-])c2)n1. The van der Waals surface area contributed by atoms with E-state index < -0.39 is 32.2 Å². The number of hydrogen-bond donors (Lipinski definition) is 1. The van der Waals surface area contributed by atoms with E-state index in [1.807, 2.05) is 0 Å². The van der Waals surface area contributed by atoms with Gasteiger partial charge in [-0.15, -0.1) is 0 Å². The van der Waals surface area contributed by atoms with Crippen molar-refractivity contribution in [1.82, 2.24) is 9.97 Å². The molecule has 0 aliphatic carbocycles. The van der Waals surface area contributed by atoms with E-state index in [1.54, 1.807) is 19.9 Å². The van der Waals surface area contributed by atoms with Crippen LogP contribution >= 0.6 is 11.6 Å². The molecule has 2 aromatic rings. The maximum atomic E-state index is 12.2. The first-order chi connectivity index (χ1) is 11.2. The second-order valence-electron chi connectivity index (χ2n) is 4.77. The lowest BCUT2D eigenvalue weighted by Crippen LogP contribution is -2.15. The smallest absolute Gasteiger partial charge is 0.290 e. The fourth-order valence-electron chi connectivity index (χ4n) is 1.95. The Morgan fingerprint density at radius 1 is 1.04 bits per heavy atom. The van der Waals surface area contributed by atoms with Gasteiger partial charge in [0.25, 0.3) is 17.3 Å². The summed E-state index contributed by atoms with van der Waals surface area (Å²) in [6.45, 7) is 3.39. The fraction of sp³-hybridized carbons (Fsp3) is 0.154. The highest BCUT2D eigenvalue weighted by Gasteiger charge is 2.27. The second kappa shape index (κ2) is 6.54. The summed E-state index contributed by atoms with van der Waals surface area (Å²) in [5.41, 5.74) is -0.577. The van der Waals surface area contributed by atoms with Crippen LogP contribution in [0.2, 0.25) is 5.02 Å². The van der Waals surface area contributed by atoms with Gasteiger partial charge in [-0.3, -0.25) is 30.3 Å². The predicted octanol–water partition coefficient (Wildman–Crippen LogP) is 2.82. The number of aryl methyl sites for hydroxylation is 2. The van der Waals surface area contributed by atoms with Crippen LogP contribution < -0.4 is 5.32 Å². The topological polar surface area (TPSA) is 141 Å². The first kappa shape index (κ1) is 17.2. The van der Waals surface area contributed by atoms with Crippen LogP contribution in [0.25, 0.3) is 0 Å². The molecule has 1 aromatic carbocycles. The van der Waals surface area contributed by atoms with Crippen LogP contribution in [0.4, 0.5) is 17.3 Å². The van der Waals surface area contributed by atoms with E-state index in [-0.39, 0.29) is 11.5 Å². The summed E-state index contributed by atoms with van der Waals surface area (Å²) in [5, 5.41) is 23.6. The van der Waals surface area contributed by atoms with Gasteiger partial charge in [0.15, 0.2) is 5.02 Å². The number of hydrogen-bond acceptors (Lipinski definition) is 7. The lowest BCUT2D eigenvalue weighted by Gasteiger charge is -2.06. The van der Waals surface area contributed by atoms with Gasteiger partial charge in [-0.25, -0.2) is 9.97 Å². The summed E-state index contributed by atoms with van der Waals surface area (Å²) >= 11 is 5.64. The van der Waals surface area contributed by atoms with E-state index in [4.69, 9.17) is 11.6 Å². The van der Waals surface area contributed by atoms with Gasteiger partial charge in [-0.05, 0) is 19.9 Å². The van der Waals surface area contributed by atoms with Gasteiger partial charge < -0.3 is 0 Å². The lowest BCUT2D eigenvalue weighted by molar-refractivity contribution is -0.393. The van der Waals surface area contributed by atoms with Gasteiger partial charge in [0.05, 0.1) is 15.4 Å². The van der Waals surface area contributed by atoms with Crippen molar-refractivity contribution in [3.05, 3.63) is 60.4 Å². The number of amides is 1. The molecule has 11 heteroatoms. The third-order valence-electron chi connectivity index (χ3n) is 2.90. The standard InChI is InChI=1S/C13H10ClN5O5/c1-6-3-7(2)16-13(15-6)17-12(20)8-4-9(18(21)22)11(14)10(5-8)19(23)24/h3-5H,1-2H3,(H,15,16,17,20). The molecular formula is C13H10ClN5O5. The second-order valence-corrected chi connectivity index (χ2v) is 5.15. The van der Waals surface area contributed by atoms with Gasteiger partial charge in [0, 0.05) is 23.5 Å². The molecule has 1 aromatic heterocycles. The van der Waals surface area contributed by atoms with Gasteiger partial charge >= 0.3 is 0 Å². The molecule has 1 N–H and O–H groups in total. The van der Waals surface area contributed by atoms with Crippen LogP contribution in [0.15, 0.2) is 18.2 Å². The maximum absolute atomic E-state index is 12.2. The Kier molecular flexibility index (Phi) is 4.69. The first-order valence-electron chi connectivity index (χ1n) is 6.45. The number of nitrogens with zero attached hydrogens (tertiary/aromatic N) is 4. The molecule has 0 bridgehead atoms. The van der Waals surface area contributed by atoms with E-state index in [2.05, 4.69) is 15.3 Å². The minimum absolute atomic E-state index is 0.0160. The highest BCUT2D eigenvalue weighted by atomic mass is 35.5. The average Bonchev–Trinajstić information content (AvgIpc) is 2.45. The number of aromatic nitrogens is 2. The third kappa shape index (κ3) is 3.60. The third-order valence-corrected chi connectivity index (χ3v) is 3.28. The molecule has 0 saturated heterocycles. The fourth-order valence-corrected chi connectivity index (χ4v) is 2.19. The van der Waals surface area contributed by atoms with Crippen molar-refractivity contribution in [2.45, 2.75) is 13.8 Å². The predicted molar refractivity (Wildman–Crippen MR) is 84.2 cm³/mol. The number of nitrogens with one attached hydrogen (secondary N) is 1. The van der Waals surface area contributed by atoms with Crippen molar-refractivity contribution in [3.63, 3.8) is 0 Å². The number of carbonyl (C=O) groups is 1. The molecule has 0 aliphatic heterocycles. The van der Waals surface area contributed by atoms with Crippen molar-refractivity contribution in [1.29, 1.82) is 0 Å². The molecule has 0 spiro atoms. The molecule has 10 nitrogen and oxygen atoms in total. The van der Waals surface area contributed by atoms with Crippen molar-refractivity contribution in [3.8, 4) is 0 Å². The zero-order valence-electron chi connectivity index (χ0n) is 12.4. The molecule has 1 amide bonds. The van der Waals surface area contributed by atoms with E-state index in [1.165, 1.54) is 0 Å². The van der Waals surface area contributed by atoms with E-state index in [9.17, 15) is 25.0 Å². The molecule has 1 heterocycles. The molecule has 0 unspecified atom stereocenters. The van der Waals surface area contributed by atoms with Crippen LogP contribution in [0.1, 0.15) is 21.7 Å². The number of carbonyl (C=O) groups excluding carboxylic acids is 1. The number of nitro benzene ring substituents is 2. The van der Waals surface area contributed by atoms with Crippen molar-refractivity contribution in [2.75, 3.05) is 5.32 Å².